The number of carbonyl (C=O) groups is 1. The van der Waals surface area contributed by atoms with Gasteiger partial charge in [-0.1, -0.05) is 58.6 Å². The molecule has 0 aliphatic heterocycles. The van der Waals surface area contributed by atoms with Gasteiger partial charge in [0.1, 0.15) is 16.5 Å². The Morgan fingerprint density at radius 1 is 1.03 bits per heavy atom. The van der Waals surface area contributed by atoms with Crippen molar-refractivity contribution in [3.8, 4) is 11.8 Å². The lowest BCUT2D eigenvalue weighted by Crippen LogP contribution is -2.13. The van der Waals surface area contributed by atoms with E-state index in [9.17, 15) is 18.5 Å². The molecule has 0 saturated heterocycles. The summed E-state index contributed by atoms with van der Waals surface area (Å²) in [5.74, 6) is -0.938. The fraction of sp³-hybridized carbons (Fsp3) is 0.0435. The molecular weight excluding hydrogens is 507 g/mol. The Bertz CT molecular complexity index is 1370. The summed E-state index contributed by atoms with van der Waals surface area (Å²) in [5, 5.41) is 12.2. The Morgan fingerprint density at radius 2 is 1.67 bits per heavy atom. The fourth-order valence-electron chi connectivity index (χ4n) is 2.69. The van der Waals surface area contributed by atoms with Crippen LogP contribution in [0.25, 0.3) is 6.08 Å². The second-order valence-corrected chi connectivity index (χ2v) is 9.60. The predicted octanol–water partition coefficient (Wildman–Crippen LogP) is 6.27. The van der Waals surface area contributed by atoms with Gasteiger partial charge in [0.05, 0.1) is 10.0 Å². The van der Waals surface area contributed by atoms with Crippen molar-refractivity contribution in [3.05, 3.63) is 92.4 Å². The number of halogens is 3. The van der Waals surface area contributed by atoms with E-state index in [4.69, 9.17) is 39.0 Å². The molecule has 0 radical (unpaired) electrons. The second kappa shape index (κ2) is 10.3. The van der Waals surface area contributed by atoms with Crippen molar-refractivity contribution in [2.45, 2.75) is 11.8 Å². The van der Waals surface area contributed by atoms with Crippen LogP contribution in [0.1, 0.15) is 11.1 Å². The number of nitriles is 1. The second-order valence-electron chi connectivity index (χ2n) is 6.80. The third-order valence-corrected chi connectivity index (χ3v) is 6.31. The van der Waals surface area contributed by atoms with Gasteiger partial charge in [0, 0.05) is 10.7 Å². The summed E-state index contributed by atoms with van der Waals surface area (Å²) in [6, 6.07) is 17.0. The molecule has 3 aromatic carbocycles. The highest BCUT2D eigenvalue weighted by molar-refractivity contribution is 7.87. The minimum Gasteiger partial charge on any atom is -0.376 e. The highest BCUT2D eigenvalue weighted by Crippen LogP contribution is 2.37. The number of rotatable bonds is 6. The normalized spacial score (nSPS) is 11.5. The maximum Gasteiger partial charge on any atom is 0.339 e. The molecule has 1 N–H and O–H groups in total. The molecule has 0 heterocycles. The monoisotopic (exact) mass is 520 g/mol. The molecule has 168 valence electrons. The number of hydrogen-bond donors (Lipinski definition) is 1. The highest BCUT2D eigenvalue weighted by Gasteiger charge is 2.21. The van der Waals surface area contributed by atoms with Crippen molar-refractivity contribution in [2.75, 3.05) is 5.32 Å². The molecule has 0 spiro atoms. The lowest BCUT2D eigenvalue weighted by molar-refractivity contribution is -0.112. The van der Waals surface area contributed by atoms with Gasteiger partial charge in [0.25, 0.3) is 5.91 Å². The number of benzene rings is 3. The molecule has 3 aromatic rings. The average molecular weight is 522 g/mol. The third-order valence-electron chi connectivity index (χ3n) is 4.28. The number of carbonyl (C=O) groups excluding carboxylic acids is 1. The molecule has 3 rings (SSSR count). The van der Waals surface area contributed by atoms with Crippen molar-refractivity contribution in [3.63, 3.8) is 0 Å². The summed E-state index contributed by atoms with van der Waals surface area (Å²) in [5.41, 5.74) is 1.36. The first-order valence-electron chi connectivity index (χ1n) is 9.28. The van der Waals surface area contributed by atoms with E-state index in [0.29, 0.717) is 16.3 Å². The van der Waals surface area contributed by atoms with Gasteiger partial charge in [-0.05, 0) is 61.0 Å². The van der Waals surface area contributed by atoms with Crippen molar-refractivity contribution in [1.29, 1.82) is 5.26 Å². The van der Waals surface area contributed by atoms with Crippen LogP contribution < -0.4 is 9.50 Å². The minimum absolute atomic E-state index is 0.0614. The Labute approximate surface area is 206 Å². The first kappa shape index (κ1) is 24.6. The van der Waals surface area contributed by atoms with Crippen LogP contribution in [0, 0.1) is 18.3 Å². The minimum atomic E-state index is -4.18. The van der Waals surface area contributed by atoms with Gasteiger partial charge in [-0.2, -0.15) is 13.7 Å². The van der Waals surface area contributed by atoms with Gasteiger partial charge >= 0.3 is 10.1 Å². The first-order chi connectivity index (χ1) is 15.6. The predicted molar refractivity (Wildman–Crippen MR) is 129 cm³/mol. The Hall–Kier alpha value is -3.02. The average Bonchev–Trinajstić information content (AvgIpc) is 2.75. The summed E-state index contributed by atoms with van der Waals surface area (Å²) in [6.07, 6.45) is 1.26. The lowest BCUT2D eigenvalue weighted by Gasteiger charge is -2.11. The molecule has 0 unspecified atom stereocenters. The van der Waals surface area contributed by atoms with Crippen LogP contribution in [0.3, 0.4) is 0 Å². The molecule has 0 fully saturated rings. The first-order valence-corrected chi connectivity index (χ1v) is 11.8. The number of aryl methyl sites for hydroxylation is 1. The molecule has 10 heteroatoms. The van der Waals surface area contributed by atoms with E-state index in [0.717, 1.165) is 5.56 Å². The summed E-state index contributed by atoms with van der Waals surface area (Å²) in [7, 11) is -4.18. The number of hydrogen-bond acceptors (Lipinski definition) is 5. The van der Waals surface area contributed by atoms with Gasteiger partial charge in [-0.25, -0.2) is 0 Å². The maximum absolute atomic E-state index is 12.6. The number of anilines is 1. The van der Waals surface area contributed by atoms with E-state index in [1.807, 2.05) is 6.92 Å². The standard InChI is InChI=1S/C23H15Cl3N2O4S/c1-14-5-7-19(8-6-14)33(30,31)32-22-20(25)10-15(11-21(22)26)9-16(13-27)23(29)28-18-4-2-3-17(24)12-18/h2-12H,1H3,(H,28,29)/b16-9+. The smallest absolute Gasteiger partial charge is 0.339 e. The van der Waals surface area contributed by atoms with Gasteiger partial charge < -0.3 is 9.50 Å². The van der Waals surface area contributed by atoms with Gasteiger partial charge in [-0.15, -0.1) is 0 Å². The zero-order valence-corrected chi connectivity index (χ0v) is 20.1. The largest absolute Gasteiger partial charge is 0.376 e. The van der Waals surface area contributed by atoms with E-state index < -0.39 is 16.0 Å². The van der Waals surface area contributed by atoms with Crippen molar-refractivity contribution in [2.24, 2.45) is 0 Å². The molecule has 33 heavy (non-hydrogen) atoms. The zero-order chi connectivity index (χ0) is 24.2. The quantitative estimate of drug-likeness (QED) is 0.234. The van der Waals surface area contributed by atoms with Crippen molar-refractivity contribution < 1.29 is 17.4 Å². The summed E-state index contributed by atoms with van der Waals surface area (Å²) >= 11 is 18.3. The van der Waals surface area contributed by atoms with Crippen LogP contribution in [0.4, 0.5) is 5.69 Å². The Balaban J connectivity index is 1.86. The fourth-order valence-corrected chi connectivity index (χ4v) is 4.51. The molecule has 0 aliphatic carbocycles. The van der Waals surface area contributed by atoms with E-state index >= 15 is 0 Å². The van der Waals surface area contributed by atoms with Gasteiger partial charge in [0.15, 0.2) is 5.75 Å². The summed E-state index contributed by atoms with van der Waals surface area (Å²) < 4.78 is 30.3. The molecule has 0 atom stereocenters. The van der Waals surface area contributed by atoms with E-state index in [1.54, 1.807) is 36.4 Å². The van der Waals surface area contributed by atoms with Gasteiger partial charge in [-0.3, -0.25) is 4.79 Å². The van der Waals surface area contributed by atoms with E-state index in [-0.39, 0.29) is 26.3 Å². The Kier molecular flexibility index (Phi) is 7.67. The molecule has 0 aromatic heterocycles. The SMILES string of the molecule is Cc1ccc(S(=O)(=O)Oc2c(Cl)cc(/C=C(\C#N)C(=O)Nc3cccc(Cl)c3)cc2Cl)cc1. The van der Waals surface area contributed by atoms with Crippen LogP contribution in [-0.4, -0.2) is 14.3 Å². The summed E-state index contributed by atoms with van der Waals surface area (Å²) in [4.78, 5) is 12.4. The van der Waals surface area contributed by atoms with Gasteiger partial charge in [0.2, 0.25) is 0 Å². The molecule has 6 nitrogen and oxygen atoms in total. The number of nitrogens with zero attached hydrogens (tertiary/aromatic N) is 1. The highest BCUT2D eigenvalue weighted by atomic mass is 35.5. The summed E-state index contributed by atoms with van der Waals surface area (Å²) in [6.45, 7) is 1.82. The van der Waals surface area contributed by atoms with Crippen LogP contribution in [-0.2, 0) is 14.9 Å². The van der Waals surface area contributed by atoms with Crippen LogP contribution >= 0.6 is 34.8 Å². The van der Waals surface area contributed by atoms with E-state index in [1.165, 1.54) is 36.4 Å². The zero-order valence-electron chi connectivity index (χ0n) is 17.0. The van der Waals surface area contributed by atoms with Crippen LogP contribution in [0.15, 0.2) is 71.1 Å². The van der Waals surface area contributed by atoms with Crippen molar-refractivity contribution >= 4 is 62.6 Å². The van der Waals surface area contributed by atoms with Crippen molar-refractivity contribution in [1.82, 2.24) is 0 Å². The number of nitrogens with one attached hydrogen (secondary N) is 1. The number of amides is 1. The Morgan fingerprint density at radius 3 is 2.24 bits per heavy atom. The molecule has 0 bridgehead atoms. The van der Waals surface area contributed by atoms with Crippen LogP contribution in [0.2, 0.25) is 15.1 Å². The molecule has 0 saturated carbocycles. The lowest BCUT2D eigenvalue weighted by atomic mass is 10.1. The molecular formula is C23H15Cl3N2O4S. The van der Waals surface area contributed by atoms with Crippen LogP contribution in [0.5, 0.6) is 5.75 Å². The topological polar surface area (TPSA) is 96.3 Å². The van der Waals surface area contributed by atoms with E-state index in [2.05, 4.69) is 5.32 Å². The molecule has 1 amide bonds. The third kappa shape index (κ3) is 6.28. The molecule has 0 aliphatic rings. The maximum atomic E-state index is 12.6.